The van der Waals surface area contributed by atoms with Crippen molar-refractivity contribution in [1.29, 1.82) is 0 Å². The van der Waals surface area contributed by atoms with E-state index in [0.29, 0.717) is 5.76 Å². The van der Waals surface area contributed by atoms with Crippen molar-refractivity contribution in [3.05, 3.63) is 24.2 Å². The third-order valence-corrected chi connectivity index (χ3v) is 3.12. The second-order valence-corrected chi connectivity index (χ2v) is 6.01. The Labute approximate surface area is 94.5 Å². The first-order chi connectivity index (χ1) is 7.38. The maximum absolute atomic E-state index is 11.5. The van der Waals surface area contributed by atoms with E-state index in [9.17, 15) is 13.2 Å². The van der Waals surface area contributed by atoms with Gasteiger partial charge in [-0.25, -0.2) is 8.42 Å². The molecule has 0 aliphatic rings. The van der Waals surface area contributed by atoms with E-state index in [2.05, 4.69) is 0 Å². The highest BCUT2D eigenvalue weighted by atomic mass is 32.2. The maximum atomic E-state index is 11.5. The van der Waals surface area contributed by atoms with Crippen LogP contribution in [0.15, 0.2) is 22.8 Å². The lowest BCUT2D eigenvalue weighted by atomic mass is 10.1. The monoisotopic (exact) mass is 245 g/mol. The minimum Gasteiger partial charge on any atom is -0.469 e. The normalized spacial score (nSPS) is 13.6. The van der Waals surface area contributed by atoms with Gasteiger partial charge in [0.2, 0.25) is 0 Å². The van der Waals surface area contributed by atoms with Gasteiger partial charge in [-0.05, 0) is 18.6 Å². The second-order valence-electron chi connectivity index (χ2n) is 3.75. The van der Waals surface area contributed by atoms with Crippen LogP contribution in [-0.2, 0) is 21.1 Å². The summed E-state index contributed by atoms with van der Waals surface area (Å²) in [6.07, 6.45) is 2.86. The molecular formula is C10H15NO4S. The number of ketones is 1. The summed E-state index contributed by atoms with van der Waals surface area (Å²) in [5, 5.41) is 0. The van der Waals surface area contributed by atoms with Gasteiger partial charge in [0, 0.05) is 6.26 Å². The lowest BCUT2D eigenvalue weighted by Gasteiger charge is -2.08. The Kier molecular flexibility index (Phi) is 4.26. The SMILES string of the molecule is CS(=O)(=O)CCC(N)C(=O)Cc1ccco1. The molecule has 1 heterocycles. The van der Waals surface area contributed by atoms with Crippen molar-refractivity contribution in [3.8, 4) is 0 Å². The third-order valence-electron chi connectivity index (χ3n) is 2.14. The van der Waals surface area contributed by atoms with Crippen LogP contribution in [0.1, 0.15) is 12.2 Å². The van der Waals surface area contributed by atoms with E-state index in [1.807, 2.05) is 0 Å². The fourth-order valence-corrected chi connectivity index (χ4v) is 1.90. The highest BCUT2D eigenvalue weighted by Gasteiger charge is 2.17. The summed E-state index contributed by atoms with van der Waals surface area (Å²) in [7, 11) is -3.07. The molecule has 0 bridgehead atoms. The lowest BCUT2D eigenvalue weighted by molar-refractivity contribution is -0.119. The number of Topliss-reactive ketones (excluding diaryl/α,β-unsaturated/α-hetero) is 1. The average Bonchev–Trinajstić information content (AvgIpc) is 2.65. The van der Waals surface area contributed by atoms with Crippen molar-refractivity contribution in [2.45, 2.75) is 18.9 Å². The fraction of sp³-hybridized carbons (Fsp3) is 0.500. The summed E-state index contributed by atoms with van der Waals surface area (Å²) in [4.78, 5) is 11.5. The molecular weight excluding hydrogens is 230 g/mol. The zero-order valence-corrected chi connectivity index (χ0v) is 9.87. The molecule has 2 N–H and O–H groups in total. The number of furan rings is 1. The van der Waals surface area contributed by atoms with Crippen LogP contribution in [0, 0.1) is 0 Å². The van der Waals surface area contributed by atoms with Crippen molar-refractivity contribution in [2.24, 2.45) is 5.73 Å². The van der Waals surface area contributed by atoms with Crippen molar-refractivity contribution >= 4 is 15.6 Å². The Bertz CT molecular complexity index is 435. The van der Waals surface area contributed by atoms with Gasteiger partial charge < -0.3 is 10.2 Å². The molecule has 1 unspecified atom stereocenters. The lowest BCUT2D eigenvalue weighted by Crippen LogP contribution is -2.33. The first-order valence-electron chi connectivity index (χ1n) is 4.87. The van der Waals surface area contributed by atoms with Crippen molar-refractivity contribution in [2.75, 3.05) is 12.0 Å². The van der Waals surface area contributed by atoms with Crippen LogP contribution < -0.4 is 5.73 Å². The van der Waals surface area contributed by atoms with Gasteiger partial charge in [0.05, 0.1) is 24.5 Å². The molecule has 1 atom stereocenters. The predicted molar refractivity (Wildman–Crippen MR) is 59.7 cm³/mol. The molecule has 16 heavy (non-hydrogen) atoms. The Balaban J connectivity index is 2.42. The zero-order valence-electron chi connectivity index (χ0n) is 9.05. The van der Waals surface area contributed by atoms with E-state index < -0.39 is 15.9 Å². The quantitative estimate of drug-likeness (QED) is 0.770. The van der Waals surface area contributed by atoms with Gasteiger partial charge in [-0.2, -0.15) is 0 Å². The molecule has 6 heteroatoms. The van der Waals surface area contributed by atoms with Crippen LogP contribution >= 0.6 is 0 Å². The molecule has 0 spiro atoms. The Hall–Kier alpha value is -1.14. The summed E-state index contributed by atoms with van der Waals surface area (Å²) in [5.74, 6) is 0.260. The average molecular weight is 245 g/mol. The van der Waals surface area contributed by atoms with Gasteiger partial charge in [-0.3, -0.25) is 4.79 Å². The van der Waals surface area contributed by atoms with Crippen molar-refractivity contribution < 1.29 is 17.6 Å². The van der Waals surface area contributed by atoms with E-state index in [0.717, 1.165) is 6.26 Å². The van der Waals surface area contributed by atoms with Gasteiger partial charge in [-0.1, -0.05) is 0 Å². The summed E-state index contributed by atoms with van der Waals surface area (Å²) in [6, 6.07) is 2.62. The number of carbonyl (C=O) groups is 1. The summed E-state index contributed by atoms with van der Waals surface area (Å²) in [6.45, 7) is 0. The molecule has 0 aromatic carbocycles. The summed E-state index contributed by atoms with van der Waals surface area (Å²) >= 11 is 0. The number of nitrogens with two attached hydrogens (primary N) is 1. The third kappa shape index (κ3) is 4.59. The summed E-state index contributed by atoms with van der Waals surface area (Å²) in [5.41, 5.74) is 5.59. The standard InChI is InChI=1S/C10H15NO4S/c1-16(13,14)6-4-9(11)10(12)7-8-3-2-5-15-8/h2-3,5,9H,4,6-7,11H2,1H3. The Morgan fingerprint density at radius 1 is 1.56 bits per heavy atom. The topological polar surface area (TPSA) is 90.4 Å². The first-order valence-corrected chi connectivity index (χ1v) is 6.93. The molecule has 0 saturated heterocycles. The number of carbonyl (C=O) groups excluding carboxylic acids is 1. The van der Waals surface area contributed by atoms with E-state index in [1.54, 1.807) is 12.1 Å². The minimum atomic E-state index is -3.07. The van der Waals surface area contributed by atoms with Gasteiger partial charge in [0.25, 0.3) is 0 Å². The van der Waals surface area contributed by atoms with Gasteiger partial charge >= 0.3 is 0 Å². The van der Waals surface area contributed by atoms with Gasteiger partial charge in [0.15, 0.2) is 5.78 Å². The molecule has 1 aromatic rings. The number of sulfone groups is 1. The highest BCUT2D eigenvalue weighted by molar-refractivity contribution is 7.90. The van der Waals surface area contributed by atoms with Crippen molar-refractivity contribution in [3.63, 3.8) is 0 Å². The first kappa shape index (κ1) is 12.9. The van der Waals surface area contributed by atoms with Gasteiger partial charge in [0.1, 0.15) is 15.6 Å². The minimum absolute atomic E-state index is 0.0714. The van der Waals surface area contributed by atoms with Crippen LogP contribution in [-0.4, -0.2) is 32.3 Å². The zero-order chi connectivity index (χ0) is 12.2. The molecule has 0 radical (unpaired) electrons. The summed E-state index contributed by atoms with van der Waals surface area (Å²) < 4.78 is 26.8. The molecule has 90 valence electrons. The molecule has 0 saturated carbocycles. The van der Waals surface area contributed by atoms with E-state index in [4.69, 9.17) is 10.2 Å². The van der Waals surface area contributed by atoms with E-state index in [1.165, 1.54) is 6.26 Å². The Morgan fingerprint density at radius 2 is 2.25 bits per heavy atom. The van der Waals surface area contributed by atoms with E-state index in [-0.39, 0.29) is 24.4 Å². The van der Waals surface area contributed by atoms with Crippen LogP contribution in [0.4, 0.5) is 0 Å². The maximum Gasteiger partial charge on any atom is 0.157 e. The molecule has 0 aliphatic heterocycles. The highest BCUT2D eigenvalue weighted by Crippen LogP contribution is 2.04. The van der Waals surface area contributed by atoms with Crippen LogP contribution in [0.5, 0.6) is 0 Å². The molecule has 5 nitrogen and oxygen atoms in total. The van der Waals surface area contributed by atoms with Crippen molar-refractivity contribution in [1.82, 2.24) is 0 Å². The van der Waals surface area contributed by atoms with E-state index >= 15 is 0 Å². The van der Waals surface area contributed by atoms with Crippen LogP contribution in [0.25, 0.3) is 0 Å². The number of rotatable bonds is 6. The molecule has 0 amide bonds. The number of hydrogen-bond donors (Lipinski definition) is 1. The molecule has 0 fully saturated rings. The van der Waals surface area contributed by atoms with Crippen LogP contribution in [0.2, 0.25) is 0 Å². The van der Waals surface area contributed by atoms with Gasteiger partial charge in [-0.15, -0.1) is 0 Å². The van der Waals surface area contributed by atoms with Crippen LogP contribution in [0.3, 0.4) is 0 Å². The Morgan fingerprint density at radius 3 is 2.75 bits per heavy atom. The predicted octanol–water partition coefficient (Wildman–Crippen LogP) is 0.153. The molecule has 0 aliphatic carbocycles. The smallest absolute Gasteiger partial charge is 0.157 e. The molecule has 1 rings (SSSR count). The largest absolute Gasteiger partial charge is 0.469 e. The molecule has 1 aromatic heterocycles. The fourth-order valence-electron chi connectivity index (χ4n) is 1.22. The number of hydrogen-bond acceptors (Lipinski definition) is 5. The second kappa shape index (κ2) is 5.27.